The predicted octanol–water partition coefficient (Wildman–Crippen LogP) is 4.33. The van der Waals surface area contributed by atoms with Crippen LogP contribution in [0, 0.1) is 0 Å². The molecular formula is C15H19NO2S. The second-order valence-electron chi connectivity index (χ2n) is 4.23. The summed E-state index contributed by atoms with van der Waals surface area (Å²) in [4.78, 5) is 0. The summed E-state index contributed by atoms with van der Waals surface area (Å²) < 4.78 is 10.6. The predicted molar refractivity (Wildman–Crippen MR) is 80.5 cm³/mol. The quantitative estimate of drug-likeness (QED) is 0.852. The third kappa shape index (κ3) is 3.20. The number of benzene rings is 1. The van der Waals surface area contributed by atoms with Crippen LogP contribution in [0.1, 0.15) is 24.9 Å². The van der Waals surface area contributed by atoms with Crippen molar-refractivity contribution in [2.75, 3.05) is 19.5 Å². The molecule has 19 heavy (non-hydrogen) atoms. The Kier molecular flexibility index (Phi) is 4.68. The molecule has 1 atom stereocenters. The Morgan fingerprint density at radius 2 is 1.95 bits per heavy atom. The number of thiophene rings is 1. The minimum Gasteiger partial charge on any atom is -0.493 e. The van der Waals surface area contributed by atoms with Gasteiger partial charge in [-0.1, -0.05) is 13.0 Å². The van der Waals surface area contributed by atoms with Crippen LogP contribution >= 0.6 is 11.3 Å². The average Bonchev–Trinajstić information content (AvgIpc) is 2.97. The summed E-state index contributed by atoms with van der Waals surface area (Å²) in [6.07, 6.45) is 1.01. The van der Waals surface area contributed by atoms with E-state index in [0.717, 1.165) is 23.6 Å². The number of rotatable bonds is 6. The van der Waals surface area contributed by atoms with Crippen molar-refractivity contribution in [3.8, 4) is 11.5 Å². The fourth-order valence-electron chi connectivity index (χ4n) is 2.04. The van der Waals surface area contributed by atoms with Gasteiger partial charge in [-0.15, -0.1) is 0 Å². The second-order valence-corrected chi connectivity index (χ2v) is 5.01. The van der Waals surface area contributed by atoms with Crippen molar-refractivity contribution >= 4 is 17.0 Å². The van der Waals surface area contributed by atoms with E-state index in [1.807, 2.05) is 12.1 Å². The normalized spacial score (nSPS) is 11.9. The van der Waals surface area contributed by atoms with Gasteiger partial charge in [-0.05, 0) is 35.6 Å². The van der Waals surface area contributed by atoms with Crippen LogP contribution in [-0.4, -0.2) is 14.2 Å². The molecule has 0 bridgehead atoms. The first-order valence-corrected chi connectivity index (χ1v) is 7.23. The minimum absolute atomic E-state index is 0.273. The molecule has 1 aromatic carbocycles. The van der Waals surface area contributed by atoms with Crippen LogP contribution in [0.25, 0.3) is 0 Å². The van der Waals surface area contributed by atoms with Crippen molar-refractivity contribution in [2.45, 2.75) is 19.4 Å². The monoisotopic (exact) mass is 277 g/mol. The van der Waals surface area contributed by atoms with Crippen LogP contribution < -0.4 is 14.8 Å². The highest BCUT2D eigenvalue weighted by atomic mass is 32.1. The van der Waals surface area contributed by atoms with Crippen LogP contribution in [0.2, 0.25) is 0 Å². The highest BCUT2D eigenvalue weighted by Gasteiger charge is 2.12. The van der Waals surface area contributed by atoms with Crippen LogP contribution in [0.15, 0.2) is 35.0 Å². The van der Waals surface area contributed by atoms with E-state index in [1.54, 1.807) is 25.6 Å². The van der Waals surface area contributed by atoms with E-state index in [0.29, 0.717) is 0 Å². The van der Waals surface area contributed by atoms with Gasteiger partial charge in [0.25, 0.3) is 0 Å². The van der Waals surface area contributed by atoms with Gasteiger partial charge in [0.15, 0.2) is 11.5 Å². The lowest BCUT2D eigenvalue weighted by Gasteiger charge is -2.19. The second kappa shape index (κ2) is 6.48. The van der Waals surface area contributed by atoms with Crippen molar-refractivity contribution in [3.63, 3.8) is 0 Å². The third-order valence-electron chi connectivity index (χ3n) is 3.08. The largest absolute Gasteiger partial charge is 0.493 e. The van der Waals surface area contributed by atoms with Gasteiger partial charge in [-0.25, -0.2) is 0 Å². The molecule has 0 aliphatic rings. The lowest BCUT2D eigenvalue weighted by Crippen LogP contribution is -2.09. The van der Waals surface area contributed by atoms with Crippen molar-refractivity contribution in [2.24, 2.45) is 0 Å². The number of nitrogens with one attached hydrogen (secondary N) is 1. The summed E-state index contributed by atoms with van der Waals surface area (Å²) in [5.41, 5.74) is 2.36. The van der Waals surface area contributed by atoms with Crippen LogP contribution in [-0.2, 0) is 0 Å². The minimum atomic E-state index is 0.273. The van der Waals surface area contributed by atoms with Crippen molar-refractivity contribution in [3.05, 3.63) is 40.6 Å². The molecule has 2 aromatic rings. The first kappa shape index (κ1) is 13.7. The Labute approximate surface area is 118 Å². The molecule has 4 heteroatoms. The molecule has 3 nitrogen and oxygen atoms in total. The molecule has 0 amide bonds. The molecular weight excluding hydrogens is 258 g/mol. The van der Waals surface area contributed by atoms with Gasteiger partial charge in [-0.3, -0.25) is 0 Å². The Morgan fingerprint density at radius 3 is 2.53 bits per heavy atom. The molecule has 0 saturated heterocycles. The van der Waals surface area contributed by atoms with Gasteiger partial charge in [0.2, 0.25) is 0 Å². The number of hydrogen-bond acceptors (Lipinski definition) is 4. The van der Waals surface area contributed by atoms with E-state index in [-0.39, 0.29) is 6.04 Å². The van der Waals surface area contributed by atoms with Gasteiger partial charge in [-0.2, -0.15) is 11.3 Å². The van der Waals surface area contributed by atoms with Crippen LogP contribution in [0.5, 0.6) is 11.5 Å². The maximum atomic E-state index is 5.36. The number of methoxy groups -OCH3 is 2. The lowest BCUT2D eigenvalue weighted by atomic mass is 10.0. The summed E-state index contributed by atoms with van der Waals surface area (Å²) in [7, 11) is 3.31. The van der Waals surface area contributed by atoms with Crippen molar-refractivity contribution < 1.29 is 9.47 Å². The lowest BCUT2D eigenvalue weighted by molar-refractivity contribution is 0.354. The topological polar surface area (TPSA) is 30.5 Å². The zero-order chi connectivity index (χ0) is 13.7. The first-order chi connectivity index (χ1) is 9.28. The Morgan fingerprint density at radius 1 is 1.16 bits per heavy atom. The molecule has 1 unspecified atom stereocenters. The molecule has 102 valence electrons. The van der Waals surface area contributed by atoms with Gasteiger partial charge in [0.1, 0.15) is 0 Å². The molecule has 0 aliphatic heterocycles. The highest BCUT2D eigenvalue weighted by molar-refractivity contribution is 7.08. The van der Waals surface area contributed by atoms with E-state index in [4.69, 9.17) is 9.47 Å². The van der Waals surface area contributed by atoms with Crippen molar-refractivity contribution in [1.82, 2.24) is 0 Å². The van der Waals surface area contributed by atoms with Gasteiger partial charge < -0.3 is 14.8 Å². The number of hydrogen-bond donors (Lipinski definition) is 1. The van der Waals surface area contributed by atoms with Gasteiger partial charge in [0.05, 0.1) is 20.3 Å². The van der Waals surface area contributed by atoms with Gasteiger partial charge >= 0.3 is 0 Å². The number of ether oxygens (including phenoxy) is 2. The fourth-order valence-corrected chi connectivity index (χ4v) is 2.64. The highest BCUT2D eigenvalue weighted by Crippen LogP contribution is 2.32. The van der Waals surface area contributed by atoms with E-state index in [1.165, 1.54) is 5.56 Å². The molecule has 0 aliphatic carbocycles. The number of anilines is 1. The summed E-state index contributed by atoms with van der Waals surface area (Å²) in [5.74, 6) is 1.53. The van der Waals surface area contributed by atoms with Crippen LogP contribution in [0.3, 0.4) is 0 Å². The molecule has 1 N–H and O–H groups in total. The van der Waals surface area contributed by atoms with Crippen LogP contribution in [0.4, 0.5) is 5.69 Å². The standard InChI is InChI=1S/C15H19NO2S/c1-4-13(16-12-7-8-19-10-12)11-5-6-14(17-2)15(9-11)18-3/h5-10,13,16H,4H2,1-3H3. The Balaban J connectivity index is 2.23. The molecule has 0 fully saturated rings. The van der Waals surface area contributed by atoms with Crippen molar-refractivity contribution in [1.29, 1.82) is 0 Å². The zero-order valence-corrected chi connectivity index (χ0v) is 12.3. The first-order valence-electron chi connectivity index (χ1n) is 6.29. The summed E-state index contributed by atoms with van der Waals surface area (Å²) in [6, 6.07) is 8.43. The molecule has 2 rings (SSSR count). The average molecular weight is 277 g/mol. The zero-order valence-electron chi connectivity index (χ0n) is 11.5. The third-order valence-corrected chi connectivity index (χ3v) is 3.76. The van der Waals surface area contributed by atoms with E-state index in [2.05, 4.69) is 35.1 Å². The fraction of sp³-hybridized carbons (Fsp3) is 0.333. The van der Waals surface area contributed by atoms with E-state index in [9.17, 15) is 0 Å². The molecule has 0 saturated carbocycles. The SMILES string of the molecule is CCC(Nc1ccsc1)c1ccc(OC)c(OC)c1. The Bertz CT molecular complexity index is 511. The molecule has 0 radical (unpaired) electrons. The molecule has 1 aromatic heterocycles. The summed E-state index contributed by atoms with van der Waals surface area (Å²) in [5, 5.41) is 7.72. The van der Waals surface area contributed by atoms with E-state index >= 15 is 0 Å². The maximum Gasteiger partial charge on any atom is 0.161 e. The van der Waals surface area contributed by atoms with E-state index < -0.39 is 0 Å². The smallest absolute Gasteiger partial charge is 0.161 e. The maximum absolute atomic E-state index is 5.36. The van der Waals surface area contributed by atoms with Gasteiger partial charge in [0, 0.05) is 11.1 Å². The molecule has 0 spiro atoms. The summed E-state index contributed by atoms with van der Waals surface area (Å²) in [6.45, 7) is 2.17. The molecule has 1 heterocycles. The Hall–Kier alpha value is -1.68. The summed E-state index contributed by atoms with van der Waals surface area (Å²) >= 11 is 1.69.